The highest BCUT2D eigenvalue weighted by molar-refractivity contribution is 6.01. The van der Waals surface area contributed by atoms with Gasteiger partial charge in [-0.15, -0.1) is 5.06 Å². The van der Waals surface area contributed by atoms with E-state index in [9.17, 15) is 14.4 Å². The van der Waals surface area contributed by atoms with Crippen LogP contribution >= 0.6 is 0 Å². The molecule has 424 valence electrons. The molecule has 2 unspecified atom stereocenters. The van der Waals surface area contributed by atoms with Crippen LogP contribution in [0.2, 0.25) is 0 Å². The van der Waals surface area contributed by atoms with E-state index in [-0.39, 0.29) is 43.3 Å². The monoisotopic (exact) mass is 1070 g/mol. The van der Waals surface area contributed by atoms with Gasteiger partial charge in [-0.05, 0) is 61.1 Å². The van der Waals surface area contributed by atoms with E-state index in [4.69, 9.17) is 61.7 Å². The first-order valence-electron chi connectivity index (χ1n) is 26.6. The SMILES string of the molecule is C=C(/C=C/C=C/C=C1/N(CCOCCOCCOCCOCCC(=O)ON2C(=O)CCC2=O)c2ccccc2C1(C)CCOCCOCCOCCOC)C(C)(CCOCCOCCOCCOC)c1ccccc1C. The number of anilines is 1. The lowest BCUT2D eigenvalue weighted by molar-refractivity contribution is -0.198. The zero-order valence-corrected chi connectivity index (χ0v) is 45.9. The Hall–Kier alpha value is -4.67. The number of hydrogen-bond acceptors (Lipinski definition) is 17. The Labute approximate surface area is 451 Å². The number of fused-ring (bicyclic) bond motifs is 1. The number of imide groups is 1. The van der Waals surface area contributed by atoms with Gasteiger partial charge in [0.15, 0.2) is 0 Å². The molecule has 18 heteroatoms. The maximum atomic E-state index is 11.9. The minimum atomic E-state index is -0.706. The molecule has 2 heterocycles. The van der Waals surface area contributed by atoms with Gasteiger partial charge in [-0.2, -0.15) is 0 Å². The zero-order chi connectivity index (χ0) is 54.5. The Balaban J connectivity index is 1.30. The molecular weight excluding hydrogens is 981 g/mol. The van der Waals surface area contributed by atoms with Crippen molar-refractivity contribution < 1.29 is 76.1 Å². The molecule has 1 fully saturated rings. The van der Waals surface area contributed by atoms with Gasteiger partial charge < -0.3 is 66.6 Å². The molecular formula is C58H86N2O16. The van der Waals surface area contributed by atoms with Crippen LogP contribution in [-0.4, -0.2) is 189 Å². The summed E-state index contributed by atoms with van der Waals surface area (Å²) in [6.07, 6.45) is 12.0. The summed E-state index contributed by atoms with van der Waals surface area (Å²) in [4.78, 5) is 42.3. The predicted molar refractivity (Wildman–Crippen MR) is 288 cm³/mol. The molecule has 0 aromatic heterocycles. The Kier molecular flexibility index (Phi) is 31.9. The third-order valence-electron chi connectivity index (χ3n) is 12.9. The average Bonchev–Trinajstić information content (AvgIpc) is 3.87. The van der Waals surface area contributed by atoms with Crippen LogP contribution in [0.15, 0.2) is 96.8 Å². The third kappa shape index (κ3) is 22.7. The van der Waals surface area contributed by atoms with Crippen molar-refractivity contribution in [3.05, 3.63) is 113 Å². The van der Waals surface area contributed by atoms with Gasteiger partial charge in [-0.3, -0.25) is 9.59 Å². The largest absolute Gasteiger partial charge is 0.382 e. The van der Waals surface area contributed by atoms with Crippen molar-refractivity contribution in [2.24, 2.45) is 0 Å². The Morgan fingerprint density at radius 2 is 1.08 bits per heavy atom. The number of rotatable bonds is 45. The van der Waals surface area contributed by atoms with E-state index in [0.29, 0.717) is 144 Å². The van der Waals surface area contributed by atoms with Gasteiger partial charge in [-0.1, -0.05) is 80.3 Å². The highest BCUT2D eigenvalue weighted by atomic mass is 16.7. The van der Waals surface area contributed by atoms with Gasteiger partial charge >= 0.3 is 5.97 Å². The third-order valence-corrected chi connectivity index (χ3v) is 12.9. The molecule has 2 aliphatic rings. The van der Waals surface area contributed by atoms with E-state index in [1.165, 1.54) is 16.7 Å². The maximum absolute atomic E-state index is 11.9. The quantitative estimate of drug-likeness (QED) is 0.0383. The lowest BCUT2D eigenvalue weighted by atomic mass is 9.72. The summed E-state index contributed by atoms with van der Waals surface area (Å²) < 4.78 is 67.5. The van der Waals surface area contributed by atoms with Crippen molar-refractivity contribution in [1.82, 2.24) is 5.06 Å². The first-order chi connectivity index (χ1) is 37.1. The van der Waals surface area contributed by atoms with Crippen molar-refractivity contribution in [3.8, 4) is 0 Å². The van der Waals surface area contributed by atoms with Crippen molar-refractivity contribution in [1.29, 1.82) is 0 Å². The minimum absolute atomic E-state index is 0.0469. The molecule has 0 aliphatic carbocycles. The van der Waals surface area contributed by atoms with Crippen LogP contribution in [0.1, 0.15) is 62.6 Å². The first-order valence-corrected chi connectivity index (χ1v) is 26.6. The lowest BCUT2D eigenvalue weighted by Gasteiger charge is -2.33. The molecule has 0 saturated carbocycles. The molecule has 1 saturated heterocycles. The number of nitrogens with zero attached hydrogens (tertiary/aromatic N) is 2. The van der Waals surface area contributed by atoms with Crippen LogP contribution in [-0.2, 0) is 86.9 Å². The Morgan fingerprint density at radius 1 is 0.605 bits per heavy atom. The van der Waals surface area contributed by atoms with E-state index in [1.807, 2.05) is 0 Å². The number of carbonyl (C=O) groups excluding carboxylic acids is 3. The summed E-state index contributed by atoms with van der Waals surface area (Å²) in [6.45, 7) is 21.9. The second-order valence-electron chi connectivity index (χ2n) is 18.4. The molecule has 18 nitrogen and oxygen atoms in total. The van der Waals surface area contributed by atoms with Crippen LogP contribution in [0.3, 0.4) is 0 Å². The molecule has 2 amide bonds. The van der Waals surface area contributed by atoms with Gasteiger partial charge in [0, 0.05) is 69.0 Å². The number of para-hydroxylation sites is 1. The number of methoxy groups -OCH3 is 2. The fraction of sp³-hybridized carbons (Fsp3) is 0.603. The molecule has 0 bridgehead atoms. The normalized spacial score (nSPS) is 17.0. The summed E-state index contributed by atoms with van der Waals surface area (Å²) >= 11 is 0. The van der Waals surface area contributed by atoms with Crippen LogP contribution in [0.5, 0.6) is 0 Å². The summed E-state index contributed by atoms with van der Waals surface area (Å²) in [5.74, 6) is -1.74. The fourth-order valence-electron chi connectivity index (χ4n) is 8.54. The Morgan fingerprint density at radius 3 is 1.63 bits per heavy atom. The number of hydroxylamine groups is 2. The summed E-state index contributed by atoms with van der Waals surface area (Å²) in [7, 11) is 3.30. The van der Waals surface area contributed by atoms with Gasteiger partial charge in [-0.25, -0.2) is 4.79 Å². The molecule has 4 rings (SSSR count). The van der Waals surface area contributed by atoms with Gasteiger partial charge in [0.1, 0.15) is 0 Å². The molecule has 2 atom stereocenters. The predicted octanol–water partition coefficient (Wildman–Crippen LogP) is 6.82. The number of aryl methyl sites for hydroxylation is 1. The van der Waals surface area contributed by atoms with E-state index in [0.717, 1.165) is 29.8 Å². The topological polar surface area (TPSA) is 178 Å². The standard InChI is InChI=1S/C58H86N2O16/c1-48-14-10-11-16-50(48)57(3,23-27-67-35-39-73-44-42-70-32-30-64-5)49(2)15-8-7-9-19-53-58(4,24-28-68-36-40-74-45-43-71-33-31-65-6)51-17-12-13-18-52(51)59(53)25-29-69-37-41-75-47-46-72-38-34-66-26-22-56(63)76-60-54(61)20-21-55(60)62/h7-19H,2,20-47H2,1,3-6H3/b9-7+,15-8+,53-19+. The zero-order valence-electron chi connectivity index (χ0n) is 45.9. The summed E-state index contributed by atoms with van der Waals surface area (Å²) in [5, 5.41) is 0.529. The number of benzene rings is 2. The fourth-order valence-corrected chi connectivity index (χ4v) is 8.54. The van der Waals surface area contributed by atoms with Gasteiger partial charge in [0.05, 0.1) is 139 Å². The molecule has 76 heavy (non-hydrogen) atoms. The molecule has 2 aromatic rings. The van der Waals surface area contributed by atoms with Gasteiger partial charge in [0.2, 0.25) is 0 Å². The lowest BCUT2D eigenvalue weighted by Crippen LogP contribution is -2.32. The van der Waals surface area contributed by atoms with Crippen LogP contribution < -0.4 is 4.90 Å². The van der Waals surface area contributed by atoms with Crippen molar-refractivity contribution in [2.45, 2.75) is 63.7 Å². The number of hydrogen-bond donors (Lipinski definition) is 0. The highest BCUT2D eigenvalue weighted by Gasteiger charge is 2.43. The molecule has 0 spiro atoms. The number of ether oxygens (including phenoxy) is 12. The van der Waals surface area contributed by atoms with Crippen molar-refractivity contribution in [3.63, 3.8) is 0 Å². The average molecular weight is 1070 g/mol. The minimum Gasteiger partial charge on any atom is -0.382 e. The van der Waals surface area contributed by atoms with Crippen molar-refractivity contribution in [2.75, 3.05) is 171 Å². The summed E-state index contributed by atoms with van der Waals surface area (Å²) in [6, 6.07) is 17.0. The second-order valence-corrected chi connectivity index (χ2v) is 18.4. The molecule has 0 radical (unpaired) electrons. The molecule has 0 N–H and O–H groups in total. The van der Waals surface area contributed by atoms with Gasteiger partial charge in [0.25, 0.3) is 11.8 Å². The number of carbonyl (C=O) groups is 3. The number of allylic oxidation sites excluding steroid dienone is 7. The van der Waals surface area contributed by atoms with Crippen LogP contribution in [0, 0.1) is 6.92 Å². The van der Waals surface area contributed by atoms with E-state index >= 15 is 0 Å². The van der Waals surface area contributed by atoms with E-state index < -0.39 is 17.8 Å². The van der Waals surface area contributed by atoms with Crippen molar-refractivity contribution >= 4 is 23.5 Å². The Bertz CT molecular complexity index is 2060. The first kappa shape index (κ1) is 63.9. The van der Waals surface area contributed by atoms with Crippen LogP contribution in [0.25, 0.3) is 0 Å². The summed E-state index contributed by atoms with van der Waals surface area (Å²) in [5.41, 5.74) is 6.19. The highest BCUT2D eigenvalue weighted by Crippen LogP contribution is 2.49. The van der Waals surface area contributed by atoms with E-state index in [1.54, 1.807) is 14.2 Å². The van der Waals surface area contributed by atoms with Crippen LogP contribution in [0.4, 0.5) is 5.69 Å². The molecule has 2 aromatic carbocycles. The molecule has 2 aliphatic heterocycles. The van der Waals surface area contributed by atoms with E-state index in [2.05, 4.69) is 111 Å². The maximum Gasteiger partial charge on any atom is 0.335 e. The number of amides is 2. The second kappa shape index (κ2) is 38.0. The smallest absolute Gasteiger partial charge is 0.335 e.